The molecule has 0 radical (unpaired) electrons. The van der Waals surface area contributed by atoms with Crippen LogP contribution in [-0.4, -0.2) is 19.1 Å². The van der Waals surface area contributed by atoms with E-state index in [1.165, 1.54) is 12.7 Å². The number of esters is 1. The van der Waals surface area contributed by atoms with E-state index in [-0.39, 0.29) is 5.97 Å². The molecule has 0 heterocycles. The summed E-state index contributed by atoms with van der Waals surface area (Å²) in [6, 6.07) is 9.43. The fourth-order valence-electron chi connectivity index (χ4n) is 1.24. The number of hydrogen-bond acceptors (Lipinski definition) is 3. The SMILES string of the molecule is COC(=O)[C@@H](N)CCc1ccccc1. The first-order valence-electron chi connectivity index (χ1n) is 4.61. The molecule has 0 aromatic heterocycles. The summed E-state index contributed by atoms with van der Waals surface area (Å²) in [6.45, 7) is 0. The van der Waals surface area contributed by atoms with Gasteiger partial charge < -0.3 is 10.5 Å². The van der Waals surface area contributed by atoms with E-state index in [9.17, 15) is 4.79 Å². The molecule has 0 bridgehead atoms. The van der Waals surface area contributed by atoms with Crippen molar-refractivity contribution in [1.29, 1.82) is 0 Å². The predicted molar refractivity (Wildman–Crippen MR) is 54.8 cm³/mol. The number of rotatable bonds is 4. The van der Waals surface area contributed by atoms with Crippen LogP contribution in [0.5, 0.6) is 0 Å². The van der Waals surface area contributed by atoms with Crippen molar-refractivity contribution >= 4 is 5.97 Å². The number of aryl methyl sites for hydroxylation is 1. The highest BCUT2D eigenvalue weighted by Gasteiger charge is 2.12. The maximum Gasteiger partial charge on any atom is 0.322 e. The van der Waals surface area contributed by atoms with Crippen molar-refractivity contribution in [2.24, 2.45) is 5.73 Å². The second kappa shape index (κ2) is 5.40. The molecule has 0 fully saturated rings. The zero-order chi connectivity index (χ0) is 10.4. The Kier molecular flexibility index (Phi) is 4.13. The van der Waals surface area contributed by atoms with Crippen LogP contribution < -0.4 is 5.73 Å². The second-order valence-electron chi connectivity index (χ2n) is 3.15. The molecular formula is C11H15NO2. The van der Waals surface area contributed by atoms with Crippen molar-refractivity contribution < 1.29 is 9.53 Å². The lowest BCUT2D eigenvalue weighted by atomic mass is 10.1. The zero-order valence-electron chi connectivity index (χ0n) is 8.27. The number of carbonyl (C=O) groups is 1. The van der Waals surface area contributed by atoms with Gasteiger partial charge >= 0.3 is 5.97 Å². The molecule has 0 saturated heterocycles. The Morgan fingerprint density at radius 1 is 1.43 bits per heavy atom. The lowest BCUT2D eigenvalue weighted by Gasteiger charge is -2.08. The number of hydrogen-bond donors (Lipinski definition) is 1. The van der Waals surface area contributed by atoms with Gasteiger partial charge in [0.2, 0.25) is 0 Å². The molecule has 0 amide bonds. The largest absolute Gasteiger partial charge is 0.468 e. The van der Waals surface area contributed by atoms with Gasteiger partial charge in [-0.25, -0.2) is 0 Å². The first-order chi connectivity index (χ1) is 6.74. The lowest BCUT2D eigenvalue weighted by Crippen LogP contribution is -2.31. The molecule has 0 aliphatic heterocycles. The van der Waals surface area contributed by atoms with Gasteiger partial charge in [-0.1, -0.05) is 30.3 Å². The Bertz CT molecular complexity index is 285. The molecule has 0 saturated carbocycles. The number of carbonyl (C=O) groups excluding carboxylic acids is 1. The topological polar surface area (TPSA) is 52.3 Å². The highest BCUT2D eigenvalue weighted by molar-refractivity contribution is 5.75. The highest BCUT2D eigenvalue weighted by atomic mass is 16.5. The third-order valence-electron chi connectivity index (χ3n) is 2.09. The quantitative estimate of drug-likeness (QED) is 0.729. The maximum atomic E-state index is 11.0. The summed E-state index contributed by atoms with van der Waals surface area (Å²) in [6.07, 6.45) is 1.42. The van der Waals surface area contributed by atoms with Crippen LogP contribution in [0.25, 0.3) is 0 Å². The van der Waals surface area contributed by atoms with Gasteiger partial charge in [0, 0.05) is 0 Å². The van der Waals surface area contributed by atoms with Gasteiger partial charge in [0.1, 0.15) is 6.04 Å². The number of nitrogens with two attached hydrogens (primary N) is 1. The summed E-state index contributed by atoms with van der Waals surface area (Å²) in [5.41, 5.74) is 6.79. The van der Waals surface area contributed by atoms with E-state index >= 15 is 0 Å². The van der Waals surface area contributed by atoms with Crippen molar-refractivity contribution in [1.82, 2.24) is 0 Å². The minimum atomic E-state index is -0.514. The average Bonchev–Trinajstić information content (AvgIpc) is 2.26. The average molecular weight is 193 g/mol. The molecule has 1 rings (SSSR count). The van der Waals surface area contributed by atoms with Crippen LogP contribution in [0, 0.1) is 0 Å². The Morgan fingerprint density at radius 3 is 2.64 bits per heavy atom. The van der Waals surface area contributed by atoms with Gasteiger partial charge in [-0.2, -0.15) is 0 Å². The third-order valence-corrected chi connectivity index (χ3v) is 2.09. The van der Waals surface area contributed by atoms with E-state index in [0.29, 0.717) is 6.42 Å². The van der Waals surface area contributed by atoms with Gasteiger partial charge in [-0.3, -0.25) is 4.79 Å². The molecule has 0 spiro atoms. The molecule has 3 heteroatoms. The predicted octanol–water partition coefficient (Wildman–Crippen LogP) is 1.12. The third kappa shape index (κ3) is 3.18. The number of methoxy groups -OCH3 is 1. The molecule has 14 heavy (non-hydrogen) atoms. The van der Waals surface area contributed by atoms with Crippen LogP contribution in [0.4, 0.5) is 0 Å². The normalized spacial score (nSPS) is 12.1. The molecular weight excluding hydrogens is 178 g/mol. The van der Waals surface area contributed by atoms with Crippen molar-refractivity contribution in [3.63, 3.8) is 0 Å². The number of ether oxygens (including phenoxy) is 1. The Morgan fingerprint density at radius 2 is 2.07 bits per heavy atom. The minimum absolute atomic E-state index is 0.346. The summed E-state index contributed by atoms with van der Waals surface area (Å²) in [4.78, 5) is 11.0. The molecule has 3 nitrogen and oxygen atoms in total. The first-order valence-corrected chi connectivity index (χ1v) is 4.61. The summed E-state index contributed by atoms with van der Waals surface area (Å²) in [5, 5.41) is 0. The summed E-state index contributed by atoms with van der Waals surface area (Å²) in [7, 11) is 1.35. The van der Waals surface area contributed by atoms with E-state index in [1.54, 1.807) is 0 Å². The fourth-order valence-corrected chi connectivity index (χ4v) is 1.24. The van der Waals surface area contributed by atoms with Crippen molar-refractivity contribution in [2.45, 2.75) is 18.9 Å². The first kappa shape index (κ1) is 10.7. The second-order valence-corrected chi connectivity index (χ2v) is 3.15. The minimum Gasteiger partial charge on any atom is -0.468 e. The van der Waals surface area contributed by atoms with Gasteiger partial charge in [0.05, 0.1) is 7.11 Å². The van der Waals surface area contributed by atoms with E-state index in [0.717, 1.165) is 6.42 Å². The molecule has 1 aromatic carbocycles. The van der Waals surface area contributed by atoms with Gasteiger partial charge in [0.25, 0.3) is 0 Å². The van der Waals surface area contributed by atoms with Crippen LogP contribution in [0.1, 0.15) is 12.0 Å². The Hall–Kier alpha value is -1.35. The molecule has 76 valence electrons. The smallest absolute Gasteiger partial charge is 0.322 e. The molecule has 0 unspecified atom stereocenters. The van der Waals surface area contributed by atoms with Crippen LogP contribution in [0.15, 0.2) is 30.3 Å². The van der Waals surface area contributed by atoms with E-state index in [4.69, 9.17) is 5.73 Å². The van der Waals surface area contributed by atoms with Crippen LogP contribution in [0.2, 0.25) is 0 Å². The monoisotopic (exact) mass is 193 g/mol. The van der Waals surface area contributed by atoms with E-state index < -0.39 is 6.04 Å². The lowest BCUT2D eigenvalue weighted by molar-refractivity contribution is -0.142. The Balaban J connectivity index is 2.38. The van der Waals surface area contributed by atoms with Gasteiger partial charge in [-0.05, 0) is 18.4 Å². The summed E-state index contributed by atoms with van der Waals surface area (Å²) in [5.74, 6) is -0.346. The standard InChI is InChI=1S/C11H15NO2/c1-14-11(13)10(12)8-7-9-5-3-2-4-6-9/h2-6,10H,7-8,12H2,1H3/t10-/m0/s1. The molecule has 0 aliphatic rings. The summed E-state index contributed by atoms with van der Waals surface area (Å²) >= 11 is 0. The Labute approximate surface area is 83.9 Å². The van der Waals surface area contributed by atoms with Crippen LogP contribution in [-0.2, 0) is 16.0 Å². The molecule has 0 aliphatic carbocycles. The molecule has 1 atom stereocenters. The van der Waals surface area contributed by atoms with Crippen LogP contribution in [0.3, 0.4) is 0 Å². The van der Waals surface area contributed by atoms with E-state index in [1.807, 2.05) is 30.3 Å². The fraction of sp³-hybridized carbons (Fsp3) is 0.364. The number of benzene rings is 1. The van der Waals surface area contributed by atoms with E-state index in [2.05, 4.69) is 4.74 Å². The highest BCUT2D eigenvalue weighted by Crippen LogP contribution is 2.04. The van der Waals surface area contributed by atoms with Gasteiger partial charge in [0.15, 0.2) is 0 Å². The van der Waals surface area contributed by atoms with Crippen molar-refractivity contribution in [2.75, 3.05) is 7.11 Å². The summed E-state index contributed by atoms with van der Waals surface area (Å²) < 4.78 is 4.54. The van der Waals surface area contributed by atoms with Crippen molar-refractivity contribution in [3.05, 3.63) is 35.9 Å². The van der Waals surface area contributed by atoms with Gasteiger partial charge in [-0.15, -0.1) is 0 Å². The van der Waals surface area contributed by atoms with Crippen molar-refractivity contribution in [3.8, 4) is 0 Å². The molecule has 1 aromatic rings. The molecule has 2 N–H and O–H groups in total. The van der Waals surface area contributed by atoms with Crippen LogP contribution >= 0.6 is 0 Å². The maximum absolute atomic E-state index is 11.0. The zero-order valence-corrected chi connectivity index (χ0v) is 8.27.